The van der Waals surface area contributed by atoms with Crippen molar-refractivity contribution in [2.45, 2.75) is 18.4 Å². The Labute approximate surface area is 150 Å². The molecule has 0 aliphatic rings. The Morgan fingerprint density at radius 3 is 2.54 bits per heavy atom. The summed E-state index contributed by atoms with van der Waals surface area (Å²) < 4.78 is 32.6. The van der Waals surface area contributed by atoms with E-state index in [1.165, 1.54) is 23.9 Å². The maximum Gasteiger partial charge on any atom is 0.355 e. The molecule has 2 aromatic heterocycles. The van der Waals surface area contributed by atoms with Crippen molar-refractivity contribution in [3.05, 3.63) is 53.6 Å². The summed E-state index contributed by atoms with van der Waals surface area (Å²) in [7, 11) is -0.750. The Kier molecular flexibility index (Phi) is 4.75. The van der Waals surface area contributed by atoms with Gasteiger partial charge in [-0.2, -0.15) is 0 Å². The van der Waals surface area contributed by atoms with E-state index in [0.717, 1.165) is 5.52 Å². The third-order valence-electron chi connectivity index (χ3n) is 3.95. The zero-order valence-electron chi connectivity index (χ0n) is 14.6. The first kappa shape index (κ1) is 18.0. The van der Waals surface area contributed by atoms with Crippen LogP contribution >= 0.6 is 0 Å². The number of ether oxygens (including phenoxy) is 1. The van der Waals surface area contributed by atoms with E-state index in [4.69, 9.17) is 4.74 Å². The van der Waals surface area contributed by atoms with Crippen LogP contribution in [-0.2, 0) is 28.4 Å². The third-order valence-corrected chi connectivity index (χ3v) is 5.33. The standard InChI is InChI=1S/C17H18N4O4S/c1-11-15(20-14-7-5-4-6-13(14)19-11)10-25-17(22)16-8-12(9-21(16)3)26(23,24)18-2/h4-9,18H,10H2,1-3H3. The Bertz CT molecular complexity index is 1090. The van der Waals surface area contributed by atoms with E-state index in [-0.39, 0.29) is 17.2 Å². The lowest BCUT2D eigenvalue weighted by molar-refractivity contribution is 0.0455. The zero-order chi connectivity index (χ0) is 18.9. The summed E-state index contributed by atoms with van der Waals surface area (Å²) in [5.41, 5.74) is 2.83. The number of nitrogens with one attached hydrogen (secondary N) is 1. The second kappa shape index (κ2) is 6.85. The van der Waals surface area contributed by atoms with Gasteiger partial charge in [0.15, 0.2) is 0 Å². The lowest BCUT2D eigenvalue weighted by Crippen LogP contribution is -2.17. The fraction of sp³-hybridized carbons (Fsp3) is 0.235. The molecule has 1 N–H and O–H groups in total. The molecule has 0 saturated carbocycles. The van der Waals surface area contributed by atoms with E-state index in [9.17, 15) is 13.2 Å². The highest BCUT2D eigenvalue weighted by Crippen LogP contribution is 2.16. The molecule has 8 nitrogen and oxygen atoms in total. The average molecular weight is 374 g/mol. The van der Waals surface area contributed by atoms with Gasteiger partial charge in [-0.15, -0.1) is 0 Å². The fourth-order valence-electron chi connectivity index (χ4n) is 2.47. The van der Waals surface area contributed by atoms with Crippen molar-refractivity contribution in [3.63, 3.8) is 0 Å². The zero-order valence-corrected chi connectivity index (χ0v) is 15.4. The normalized spacial score (nSPS) is 11.7. The summed E-state index contributed by atoms with van der Waals surface area (Å²) in [6.07, 6.45) is 1.35. The van der Waals surface area contributed by atoms with Crippen molar-refractivity contribution in [2.24, 2.45) is 7.05 Å². The summed E-state index contributed by atoms with van der Waals surface area (Å²) >= 11 is 0. The van der Waals surface area contributed by atoms with Crippen LogP contribution in [0.2, 0.25) is 0 Å². The van der Waals surface area contributed by atoms with Crippen LogP contribution in [0.15, 0.2) is 41.4 Å². The summed E-state index contributed by atoms with van der Waals surface area (Å²) in [5, 5.41) is 0. The van der Waals surface area contributed by atoms with Gasteiger partial charge in [0.25, 0.3) is 0 Å². The Morgan fingerprint density at radius 1 is 1.23 bits per heavy atom. The molecule has 26 heavy (non-hydrogen) atoms. The molecule has 9 heteroatoms. The van der Waals surface area contributed by atoms with Gasteiger partial charge in [-0.25, -0.2) is 27.9 Å². The number of carbonyl (C=O) groups is 1. The van der Waals surface area contributed by atoms with Gasteiger partial charge in [0, 0.05) is 13.2 Å². The van der Waals surface area contributed by atoms with Crippen LogP contribution in [0.5, 0.6) is 0 Å². The Morgan fingerprint density at radius 2 is 1.88 bits per heavy atom. The highest BCUT2D eigenvalue weighted by Gasteiger charge is 2.20. The van der Waals surface area contributed by atoms with Gasteiger partial charge < -0.3 is 9.30 Å². The van der Waals surface area contributed by atoms with Gasteiger partial charge in [-0.1, -0.05) is 12.1 Å². The van der Waals surface area contributed by atoms with Gasteiger partial charge >= 0.3 is 5.97 Å². The number of nitrogens with zero attached hydrogens (tertiary/aromatic N) is 3. The van der Waals surface area contributed by atoms with Crippen LogP contribution in [0.1, 0.15) is 21.9 Å². The average Bonchev–Trinajstić information content (AvgIpc) is 3.02. The van der Waals surface area contributed by atoms with Crippen LogP contribution in [0, 0.1) is 6.92 Å². The third kappa shape index (κ3) is 3.44. The molecule has 3 aromatic rings. The maximum absolute atomic E-state index is 12.3. The van der Waals surface area contributed by atoms with Gasteiger partial charge in [0.05, 0.1) is 22.4 Å². The number of hydrogen-bond acceptors (Lipinski definition) is 6. The lowest BCUT2D eigenvalue weighted by atomic mass is 10.2. The highest BCUT2D eigenvalue weighted by atomic mass is 32.2. The first-order valence-corrected chi connectivity index (χ1v) is 9.29. The smallest absolute Gasteiger partial charge is 0.355 e. The number of hydrogen-bond donors (Lipinski definition) is 1. The van der Waals surface area contributed by atoms with Crippen LogP contribution < -0.4 is 4.72 Å². The molecule has 0 spiro atoms. The van der Waals surface area contributed by atoms with Gasteiger partial charge in [-0.05, 0) is 32.2 Å². The predicted octanol–water partition coefficient (Wildman–Crippen LogP) is 1.54. The van der Waals surface area contributed by atoms with Crippen molar-refractivity contribution >= 4 is 27.0 Å². The first-order valence-electron chi connectivity index (χ1n) is 7.81. The van der Waals surface area contributed by atoms with Gasteiger partial charge in [0.2, 0.25) is 10.0 Å². The van der Waals surface area contributed by atoms with E-state index >= 15 is 0 Å². The molecule has 0 radical (unpaired) electrons. The number of esters is 1. The first-order chi connectivity index (χ1) is 12.3. The van der Waals surface area contributed by atoms with Crippen molar-refractivity contribution in [3.8, 4) is 0 Å². The van der Waals surface area contributed by atoms with Crippen molar-refractivity contribution in [1.29, 1.82) is 0 Å². The number of para-hydroxylation sites is 2. The molecular formula is C17H18N4O4S. The van der Waals surface area contributed by atoms with E-state index in [1.54, 1.807) is 14.0 Å². The minimum Gasteiger partial charge on any atom is -0.454 e. The van der Waals surface area contributed by atoms with Gasteiger partial charge in [-0.3, -0.25) is 0 Å². The predicted molar refractivity (Wildman–Crippen MR) is 95.1 cm³/mol. The molecule has 2 heterocycles. The second-order valence-electron chi connectivity index (χ2n) is 5.70. The molecule has 0 unspecified atom stereocenters. The number of benzene rings is 1. The molecule has 0 aliphatic heterocycles. The Hall–Kier alpha value is -2.78. The van der Waals surface area contributed by atoms with E-state index < -0.39 is 16.0 Å². The molecular weight excluding hydrogens is 356 g/mol. The SMILES string of the molecule is CNS(=O)(=O)c1cc(C(=O)OCc2nc3ccccc3nc2C)n(C)c1. The Balaban J connectivity index is 1.80. The molecule has 3 rings (SSSR count). The number of aromatic nitrogens is 3. The van der Waals surface area contributed by atoms with Crippen molar-refractivity contribution in [2.75, 3.05) is 7.05 Å². The highest BCUT2D eigenvalue weighted by molar-refractivity contribution is 7.89. The molecule has 0 atom stereocenters. The van der Waals surface area contributed by atoms with Gasteiger partial charge in [0.1, 0.15) is 17.2 Å². The van der Waals surface area contributed by atoms with Crippen LogP contribution in [-0.4, -0.2) is 36.0 Å². The fourth-order valence-corrected chi connectivity index (χ4v) is 3.27. The minimum atomic E-state index is -3.63. The maximum atomic E-state index is 12.3. The van der Waals surface area contributed by atoms with Crippen molar-refractivity contribution < 1.29 is 17.9 Å². The van der Waals surface area contributed by atoms with Crippen LogP contribution in [0.25, 0.3) is 11.0 Å². The monoisotopic (exact) mass is 374 g/mol. The topological polar surface area (TPSA) is 103 Å². The molecule has 1 aromatic carbocycles. The second-order valence-corrected chi connectivity index (χ2v) is 7.59. The molecule has 136 valence electrons. The summed E-state index contributed by atoms with van der Waals surface area (Å²) in [4.78, 5) is 21.2. The number of aryl methyl sites for hydroxylation is 2. The quantitative estimate of drug-likeness (QED) is 0.680. The van der Waals surface area contributed by atoms with E-state index in [0.29, 0.717) is 16.9 Å². The van der Waals surface area contributed by atoms with E-state index in [2.05, 4.69) is 14.7 Å². The lowest BCUT2D eigenvalue weighted by Gasteiger charge is -2.08. The molecule has 0 bridgehead atoms. The molecule has 0 aliphatic carbocycles. The molecule has 0 saturated heterocycles. The van der Waals surface area contributed by atoms with Crippen LogP contribution in [0.4, 0.5) is 0 Å². The van der Waals surface area contributed by atoms with E-state index in [1.807, 2.05) is 24.3 Å². The molecule has 0 amide bonds. The number of fused-ring (bicyclic) bond motifs is 1. The van der Waals surface area contributed by atoms with Crippen molar-refractivity contribution in [1.82, 2.24) is 19.3 Å². The summed E-state index contributed by atoms with van der Waals surface area (Å²) in [5.74, 6) is -0.639. The summed E-state index contributed by atoms with van der Waals surface area (Å²) in [6.45, 7) is 1.74. The molecule has 0 fully saturated rings. The number of rotatable bonds is 5. The minimum absolute atomic E-state index is 0.00359. The summed E-state index contributed by atoms with van der Waals surface area (Å²) in [6, 6.07) is 8.70. The van der Waals surface area contributed by atoms with Crippen LogP contribution in [0.3, 0.4) is 0 Å². The number of sulfonamides is 1. The largest absolute Gasteiger partial charge is 0.454 e. The number of carbonyl (C=O) groups excluding carboxylic acids is 1.